The summed E-state index contributed by atoms with van der Waals surface area (Å²) in [5, 5.41) is 3.71. The third-order valence-corrected chi connectivity index (χ3v) is 7.57. The van der Waals surface area contributed by atoms with Crippen molar-refractivity contribution in [2.45, 2.75) is 78.3 Å². The van der Waals surface area contributed by atoms with E-state index in [0.717, 1.165) is 38.5 Å². The van der Waals surface area contributed by atoms with E-state index in [0.29, 0.717) is 23.2 Å². The molecule has 1 saturated carbocycles. The van der Waals surface area contributed by atoms with E-state index in [9.17, 15) is 9.18 Å². The zero-order valence-electron chi connectivity index (χ0n) is 22.8. The third kappa shape index (κ3) is 6.98. The van der Waals surface area contributed by atoms with Crippen molar-refractivity contribution in [1.29, 1.82) is 0 Å². The summed E-state index contributed by atoms with van der Waals surface area (Å²) in [7, 11) is 0. The second-order valence-electron chi connectivity index (χ2n) is 11.1. The Morgan fingerprint density at radius 3 is 2.54 bits per heavy atom. The van der Waals surface area contributed by atoms with Crippen LogP contribution in [0.3, 0.4) is 0 Å². The molecule has 0 spiro atoms. The van der Waals surface area contributed by atoms with Crippen molar-refractivity contribution in [3.8, 4) is 11.5 Å². The molecule has 202 valence electrons. The highest BCUT2D eigenvalue weighted by molar-refractivity contribution is 5.97. The average molecular weight is 512 g/mol. The second-order valence-corrected chi connectivity index (χ2v) is 11.1. The van der Waals surface area contributed by atoms with Crippen LogP contribution in [0.4, 0.5) is 10.2 Å². The molecule has 1 aromatic carbocycles. The van der Waals surface area contributed by atoms with Crippen LogP contribution >= 0.6 is 0 Å². The van der Waals surface area contributed by atoms with E-state index in [4.69, 9.17) is 4.74 Å². The van der Waals surface area contributed by atoms with Crippen LogP contribution in [0.1, 0.15) is 76.6 Å². The Bertz CT molecular complexity index is 1030. The van der Waals surface area contributed by atoms with E-state index in [2.05, 4.69) is 20.2 Å². The van der Waals surface area contributed by atoms with Crippen molar-refractivity contribution in [1.82, 2.24) is 20.2 Å². The Balaban J connectivity index is 1.45. The Kier molecular flexibility index (Phi) is 9.35. The fourth-order valence-electron chi connectivity index (χ4n) is 5.78. The molecule has 2 fully saturated rings. The van der Waals surface area contributed by atoms with Gasteiger partial charge in [0, 0.05) is 25.2 Å². The van der Waals surface area contributed by atoms with Gasteiger partial charge in [0.2, 0.25) is 0 Å². The highest BCUT2D eigenvalue weighted by atomic mass is 19.1. The lowest BCUT2D eigenvalue weighted by molar-refractivity contribution is 0.0640. The van der Waals surface area contributed by atoms with Gasteiger partial charge in [0.25, 0.3) is 5.91 Å². The Morgan fingerprint density at radius 1 is 1.08 bits per heavy atom. The van der Waals surface area contributed by atoms with Crippen LogP contribution in [-0.4, -0.2) is 59.0 Å². The van der Waals surface area contributed by atoms with Gasteiger partial charge in [0.1, 0.15) is 17.9 Å². The SMILES string of the molecule is CC(C)N(C(=O)c1cc(F)ccc1Oc1cncnc1N1CC[C@@H](CNCC2CCCCC2)C1)C(C)C. The molecular weight excluding hydrogens is 469 g/mol. The van der Waals surface area contributed by atoms with Crippen molar-refractivity contribution in [2.24, 2.45) is 11.8 Å². The predicted molar refractivity (Wildman–Crippen MR) is 145 cm³/mol. The van der Waals surface area contributed by atoms with Crippen molar-refractivity contribution >= 4 is 11.7 Å². The van der Waals surface area contributed by atoms with Gasteiger partial charge in [0.05, 0.1) is 11.8 Å². The van der Waals surface area contributed by atoms with Gasteiger partial charge < -0.3 is 19.9 Å². The lowest BCUT2D eigenvalue weighted by Gasteiger charge is -2.31. The summed E-state index contributed by atoms with van der Waals surface area (Å²) in [5.74, 6) is 2.11. The number of nitrogens with zero attached hydrogens (tertiary/aromatic N) is 4. The zero-order valence-corrected chi connectivity index (χ0v) is 22.8. The smallest absolute Gasteiger partial charge is 0.258 e. The maximum atomic E-state index is 14.2. The van der Waals surface area contributed by atoms with Crippen LogP contribution in [0, 0.1) is 17.7 Å². The van der Waals surface area contributed by atoms with Crippen LogP contribution < -0.4 is 15.0 Å². The molecule has 1 aliphatic carbocycles. The number of aromatic nitrogens is 2. The monoisotopic (exact) mass is 511 g/mol. The molecule has 1 saturated heterocycles. The Morgan fingerprint density at radius 2 is 1.81 bits per heavy atom. The number of carbonyl (C=O) groups is 1. The summed E-state index contributed by atoms with van der Waals surface area (Å²) in [4.78, 5) is 26.1. The fraction of sp³-hybridized carbons (Fsp3) is 0.621. The molecule has 0 unspecified atom stereocenters. The maximum Gasteiger partial charge on any atom is 0.258 e. The molecule has 1 amide bonds. The standard InChI is InChI=1S/C29H42FN5O2/c1-20(2)35(21(3)4)29(36)25-14-24(30)10-11-26(25)37-27-17-32-19-33-28(27)34-13-12-23(18-34)16-31-15-22-8-6-5-7-9-22/h10-11,14,17,19-23,31H,5-9,12-13,15-16,18H2,1-4H3/t23-/m0/s1. The molecule has 37 heavy (non-hydrogen) atoms. The lowest BCUT2D eigenvalue weighted by atomic mass is 9.89. The molecular formula is C29H42FN5O2. The molecule has 4 rings (SSSR count). The van der Waals surface area contributed by atoms with Crippen molar-refractivity contribution in [2.75, 3.05) is 31.1 Å². The van der Waals surface area contributed by atoms with E-state index >= 15 is 0 Å². The van der Waals surface area contributed by atoms with Crippen LogP contribution in [0.2, 0.25) is 0 Å². The number of amides is 1. The van der Waals surface area contributed by atoms with Gasteiger partial charge in [0.15, 0.2) is 11.6 Å². The first-order valence-electron chi connectivity index (χ1n) is 13.9. The normalized spacial score (nSPS) is 18.6. The Hall–Kier alpha value is -2.74. The number of hydrogen-bond acceptors (Lipinski definition) is 6. The molecule has 8 heteroatoms. The van der Waals surface area contributed by atoms with Gasteiger partial charge in [-0.25, -0.2) is 14.4 Å². The van der Waals surface area contributed by atoms with Crippen LogP contribution in [0.25, 0.3) is 0 Å². The zero-order chi connectivity index (χ0) is 26.4. The van der Waals surface area contributed by atoms with Gasteiger partial charge in [-0.1, -0.05) is 19.3 Å². The molecule has 7 nitrogen and oxygen atoms in total. The molecule has 0 bridgehead atoms. The van der Waals surface area contributed by atoms with Gasteiger partial charge in [-0.2, -0.15) is 0 Å². The molecule has 2 heterocycles. The predicted octanol–water partition coefficient (Wildman–Crippen LogP) is 5.66. The average Bonchev–Trinajstić information content (AvgIpc) is 3.34. The van der Waals surface area contributed by atoms with E-state index in [1.165, 1.54) is 56.6 Å². The lowest BCUT2D eigenvalue weighted by Crippen LogP contribution is -2.42. The summed E-state index contributed by atoms with van der Waals surface area (Å²) in [6.07, 6.45) is 11.1. The first-order valence-corrected chi connectivity index (χ1v) is 13.9. The number of halogens is 1. The summed E-state index contributed by atoms with van der Waals surface area (Å²) in [6, 6.07) is 4.01. The van der Waals surface area contributed by atoms with E-state index in [1.54, 1.807) is 11.1 Å². The number of carbonyl (C=O) groups excluding carboxylic acids is 1. The molecule has 2 aromatic rings. The summed E-state index contributed by atoms with van der Waals surface area (Å²) in [6.45, 7) is 11.7. The third-order valence-electron chi connectivity index (χ3n) is 7.57. The summed E-state index contributed by atoms with van der Waals surface area (Å²) in [5.41, 5.74) is 0.198. The van der Waals surface area contributed by atoms with Crippen molar-refractivity contribution in [3.05, 3.63) is 42.1 Å². The number of rotatable bonds is 10. The van der Waals surface area contributed by atoms with Crippen molar-refractivity contribution < 1.29 is 13.9 Å². The molecule has 1 aromatic heterocycles. The van der Waals surface area contributed by atoms with Crippen LogP contribution in [-0.2, 0) is 0 Å². The van der Waals surface area contributed by atoms with Crippen LogP contribution in [0.5, 0.6) is 11.5 Å². The summed E-state index contributed by atoms with van der Waals surface area (Å²) >= 11 is 0. The van der Waals surface area contributed by atoms with Crippen LogP contribution in [0.15, 0.2) is 30.7 Å². The quantitative estimate of drug-likeness (QED) is 0.444. The first kappa shape index (κ1) is 27.3. The molecule has 1 atom stereocenters. The molecule has 1 aliphatic heterocycles. The number of benzene rings is 1. The minimum absolute atomic E-state index is 0.0347. The van der Waals surface area contributed by atoms with Gasteiger partial charge in [-0.15, -0.1) is 0 Å². The summed E-state index contributed by atoms with van der Waals surface area (Å²) < 4.78 is 20.5. The van der Waals surface area contributed by atoms with Crippen molar-refractivity contribution in [3.63, 3.8) is 0 Å². The van der Waals surface area contributed by atoms with Gasteiger partial charge in [-0.05, 0) is 90.1 Å². The van der Waals surface area contributed by atoms with E-state index in [1.807, 2.05) is 27.7 Å². The minimum atomic E-state index is -0.476. The first-order chi connectivity index (χ1) is 17.8. The van der Waals surface area contributed by atoms with E-state index < -0.39 is 5.82 Å². The maximum absolute atomic E-state index is 14.2. The number of anilines is 1. The largest absolute Gasteiger partial charge is 0.451 e. The van der Waals surface area contributed by atoms with Gasteiger partial charge in [-0.3, -0.25) is 4.79 Å². The second kappa shape index (κ2) is 12.7. The molecule has 1 N–H and O–H groups in total. The highest BCUT2D eigenvalue weighted by Crippen LogP contribution is 2.35. The minimum Gasteiger partial charge on any atom is -0.451 e. The number of hydrogen-bond donors (Lipinski definition) is 1. The van der Waals surface area contributed by atoms with E-state index in [-0.39, 0.29) is 23.6 Å². The highest BCUT2D eigenvalue weighted by Gasteiger charge is 2.28. The fourth-order valence-corrected chi connectivity index (χ4v) is 5.78. The molecule has 2 aliphatic rings. The molecule has 0 radical (unpaired) electrons. The number of ether oxygens (including phenoxy) is 1. The Labute approximate surface area is 220 Å². The number of nitrogens with one attached hydrogen (secondary N) is 1. The van der Waals surface area contributed by atoms with Gasteiger partial charge >= 0.3 is 0 Å². The topological polar surface area (TPSA) is 70.6 Å².